The molecule has 0 unspecified atom stereocenters. The predicted octanol–water partition coefficient (Wildman–Crippen LogP) is 1.63. The second kappa shape index (κ2) is 5.25. The molecule has 5 heteroatoms. The molecule has 1 aromatic rings. The number of aliphatic carboxylic acids is 1. The van der Waals surface area contributed by atoms with Crippen LogP contribution in [-0.2, 0) is 14.3 Å². The molecule has 1 amide bonds. The lowest BCUT2D eigenvalue weighted by Crippen LogP contribution is -2.34. The summed E-state index contributed by atoms with van der Waals surface area (Å²) in [5.74, 6) is -1.09. The SMILES string of the molecule is O=C(O)[C@@H]1CN(C(=O)COCC2CC2)c2ccccc21. The Morgan fingerprint density at radius 1 is 1.30 bits per heavy atom. The summed E-state index contributed by atoms with van der Waals surface area (Å²) in [6.45, 7) is 0.848. The minimum atomic E-state index is -0.897. The van der Waals surface area contributed by atoms with Gasteiger partial charge in [-0.05, 0) is 30.4 Å². The Morgan fingerprint density at radius 3 is 2.75 bits per heavy atom. The van der Waals surface area contributed by atoms with Crippen LogP contribution in [0.1, 0.15) is 24.3 Å². The van der Waals surface area contributed by atoms with E-state index in [0.29, 0.717) is 23.8 Å². The lowest BCUT2D eigenvalue weighted by molar-refractivity contribution is -0.138. The molecule has 1 fully saturated rings. The number of rotatable bonds is 5. The summed E-state index contributed by atoms with van der Waals surface area (Å²) in [5.41, 5.74) is 1.40. The predicted molar refractivity (Wildman–Crippen MR) is 72.7 cm³/mol. The second-order valence-electron chi connectivity index (χ2n) is 5.41. The van der Waals surface area contributed by atoms with E-state index in [1.54, 1.807) is 18.2 Å². The Bertz CT molecular complexity index is 538. The number of para-hydroxylation sites is 1. The number of anilines is 1. The summed E-state index contributed by atoms with van der Waals surface area (Å²) in [5, 5.41) is 9.25. The summed E-state index contributed by atoms with van der Waals surface area (Å²) in [4.78, 5) is 25.0. The van der Waals surface area contributed by atoms with Crippen LogP contribution < -0.4 is 4.90 Å². The van der Waals surface area contributed by atoms with Crippen LogP contribution in [0.4, 0.5) is 5.69 Å². The number of nitrogens with zero attached hydrogens (tertiary/aromatic N) is 1. The molecule has 1 aromatic carbocycles. The lowest BCUT2D eigenvalue weighted by atomic mass is 10.0. The smallest absolute Gasteiger partial charge is 0.312 e. The van der Waals surface area contributed by atoms with E-state index in [1.165, 1.54) is 17.7 Å². The lowest BCUT2D eigenvalue weighted by Gasteiger charge is -2.17. The summed E-state index contributed by atoms with van der Waals surface area (Å²) in [6.07, 6.45) is 2.36. The molecule has 1 N–H and O–H groups in total. The number of ether oxygens (including phenoxy) is 1. The molecule has 1 heterocycles. The number of fused-ring (bicyclic) bond motifs is 1. The van der Waals surface area contributed by atoms with Gasteiger partial charge in [0.05, 0.1) is 6.61 Å². The highest BCUT2D eigenvalue weighted by Crippen LogP contribution is 2.36. The van der Waals surface area contributed by atoms with Gasteiger partial charge in [0.2, 0.25) is 0 Å². The third-order valence-electron chi connectivity index (χ3n) is 3.84. The van der Waals surface area contributed by atoms with Gasteiger partial charge in [0.1, 0.15) is 12.5 Å². The van der Waals surface area contributed by atoms with Gasteiger partial charge in [-0.1, -0.05) is 18.2 Å². The number of benzene rings is 1. The van der Waals surface area contributed by atoms with Crippen molar-refractivity contribution in [3.63, 3.8) is 0 Å². The number of carboxylic acid groups (broad SMARTS) is 1. The van der Waals surface area contributed by atoms with Gasteiger partial charge < -0.3 is 14.7 Å². The molecule has 0 bridgehead atoms. The van der Waals surface area contributed by atoms with Crippen LogP contribution in [0.15, 0.2) is 24.3 Å². The first-order valence-corrected chi connectivity index (χ1v) is 6.86. The first kappa shape index (κ1) is 13.1. The fourth-order valence-corrected chi connectivity index (χ4v) is 2.53. The van der Waals surface area contributed by atoms with Crippen molar-refractivity contribution in [2.75, 3.05) is 24.7 Å². The van der Waals surface area contributed by atoms with Crippen molar-refractivity contribution < 1.29 is 19.4 Å². The van der Waals surface area contributed by atoms with Gasteiger partial charge in [-0.2, -0.15) is 0 Å². The molecule has 3 rings (SSSR count). The maximum absolute atomic E-state index is 12.2. The average molecular weight is 275 g/mol. The van der Waals surface area contributed by atoms with Crippen LogP contribution in [-0.4, -0.2) is 36.7 Å². The van der Waals surface area contributed by atoms with Crippen LogP contribution in [0.5, 0.6) is 0 Å². The van der Waals surface area contributed by atoms with E-state index >= 15 is 0 Å². The second-order valence-corrected chi connectivity index (χ2v) is 5.41. The highest BCUT2D eigenvalue weighted by molar-refractivity contribution is 5.99. The van der Waals surface area contributed by atoms with Gasteiger partial charge in [0.25, 0.3) is 5.91 Å². The number of hydrogen-bond acceptors (Lipinski definition) is 3. The number of carbonyl (C=O) groups excluding carboxylic acids is 1. The summed E-state index contributed by atoms with van der Waals surface area (Å²) in [6, 6.07) is 7.17. The molecule has 106 valence electrons. The Hall–Kier alpha value is -1.88. The van der Waals surface area contributed by atoms with Crippen LogP contribution >= 0.6 is 0 Å². The normalized spacial score (nSPS) is 20.8. The molecule has 1 aliphatic carbocycles. The molecule has 0 spiro atoms. The molecular weight excluding hydrogens is 258 g/mol. The van der Waals surface area contributed by atoms with Crippen molar-refractivity contribution in [1.82, 2.24) is 0 Å². The van der Waals surface area contributed by atoms with Crippen molar-refractivity contribution in [3.8, 4) is 0 Å². The van der Waals surface area contributed by atoms with E-state index < -0.39 is 11.9 Å². The molecule has 1 aliphatic heterocycles. The zero-order chi connectivity index (χ0) is 14.1. The van der Waals surface area contributed by atoms with E-state index in [-0.39, 0.29) is 19.1 Å². The summed E-state index contributed by atoms with van der Waals surface area (Å²) < 4.78 is 5.40. The highest BCUT2D eigenvalue weighted by atomic mass is 16.5. The van der Waals surface area contributed by atoms with Gasteiger partial charge in [-0.25, -0.2) is 0 Å². The van der Waals surface area contributed by atoms with E-state index in [4.69, 9.17) is 4.74 Å². The van der Waals surface area contributed by atoms with Gasteiger partial charge in [0, 0.05) is 12.2 Å². The summed E-state index contributed by atoms with van der Waals surface area (Å²) in [7, 11) is 0. The van der Waals surface area contributed by atoms with Gasteiger partial charge >= 0.3 is 5.97 Å². The summed E-state index contributed by atoms with van der Waals surface area (Å²) >= 11 is 0. The van der Waals surface area contributed by atoms with Crippen molar-refractivity contribution in [3.05, 3.63) is 29.8 Å². The van der Waals surface area contributed by atoms with Crippen molar-refractivity contribution in [2.24, 2.45) is 5.92 Å². The third kappa shape index (κ3) is 2.54. The fourth-order valence-electron chi connectivity index (χ4n) is 2.53. The van der Waals surface area contributed by atoms with Crippen LogP contribution in [0.3, 0.4) is 0 Å². The molecule has 0 saturated heterocycles. The minimum absolute atomic E-state index is 0.0250. The molecule has 0 radical (unpaired) electrons. The topological polar surface area (TPSA) is 66.8 Å². The zero-order valence-electron chi connectivity index (χ0n) is 11.1. The monoisotopic (exact) mass is 275 g/mol. The van der Waals surface area contributed by atoms with Gasteiger partial charge in [-0.3, -0.25) is 9.59 Å². The fraction of sp³-hybridized carbons (Fsp3) is 0.467. The number of carboxylic acids is 1. The molecular formula is C15H17NO4. The quantitative estimate of drug-likeness (QED) is 0.887. The number of carbonyl (C=O) groups is 2. The largest absolute Gasteiger partial charge is 0.481 e. The molecule has 5 nitrogen and oxygen atoms in total. The third-order valence-corrected chi connectivity index (χ3v) is 3.84. The van der Waals surface area contributed by atoms with Gasteiger partial charge in [-0.15, -0.1) is 0 Å². The minimum Gasteiger partial charge on any atom is -0.481 e. The Kier molecular flexibility index (Phi) is 3.44. The first-order valence-electron chi connectivity index (χ1n) is 6.86. The Balaban J connectivity index is 1.70. The van der Waals surface area contributed by atoms with E-state index in [9.17, 15) is 14.7 Å². The van der Waals surface area contributed by atoms with Crippen molar-refractivity contribution in [1.29, 1.82) is 0 Å². The number of amides is 1. The highest BCUT2D eigenvalue weighted by Gasteiger charge is 2.36. The molecule has 2 aliphatic rings. The van der Waals surface area contributed by atoms with Crippen LogP contribution in [0.25, 0.3) is 0 Å². The Labute approximate surface area is 117 Å². The van der Waals surface area contributed by atoms with Crippen molar-refractivity contribution >= 4 is 17.6 Å². The average Bonchev–Trinajstić information content (AvgIpc) is 3.17. The molecule has 0 aromatic heterocycles. The maximum atomic E-state index is 12.2. The van der Waals surface area contributed by atoms with E-state index in [1.807, 2.05) is 6.07 Å². The standard InChI is InChI=1S/C15H17NO4/c17-14(9-20-8-10-5-6-10)16-7-12(15(18)19)11-3-1-2-4-13(11)16/h1-4,10,12H,5-9H2,(H,18,19)/t12-/m1/s1. The first-order chi connectivity index (χ1) is 9.66. The maximum Gasteiger partial charge on any atom is 0.312 e. The van der Waals surface area contributed by atoms with Gasteiger partial charge in [0.15, 0.2) is 0 Å². The van der Waals surface area contributed by atoms with Crippen LogP contribution in [0.2, 0.25) is 0 Å². The molecule has 20 heavy (non-hydrogen) atoms. The molecule has 1 saturated carbocycles. The Morgan fingerprint density at radius 2 is 2.05 bits per heavy atom. The zero-order valence-corrected chi connectivity index (χ0v) is 11.1. The van der Waals surface area contributed by atoms with Crippen molar-refractivity contribution in [2.45, 2.75) is 18.8 Å². The number of hydrogen-bond donors (Lipinski definition) is 1. The van der Waals surface area contributed by atoms with E-state index in [0.717, 1.165) is 0 Å². The molecule has 1 atom stereocenters. The van der Waals surface area contributed by atoms with E-state index in [2.05, 4.69) is 0 Å². The van der Waals surface area contributed by atoms with Crippen LogP contribution in [0, 0.1) is 5.92 Å².